The molecule has 2 aliphatic heterocycles. The van der Waals surface area contributed by atoms with Crippen LogP contribution >= 0.6 is 11.8 Å². The lowest BCUT2D eigenvalue weighted by atomic mass is 10.1. The fraction of sp³-hybridized carbons (Fsp3) is 0.429. The minimum atomic E-state index is -1.30. The first kappa shape index (κ1) is 9.35. The maximum atomic E-state index is 11.2. The molecule has 0 bridgehead atoms. The van der Waals surface area contributed by atoms with Crippen LogP contribution in [-0.4, -0.2) is 44.2 Å². The van der Waals surface area contributed by atoms with Crippen molar-refractivity contribution >= 4 is 23.6 Å². The summed E-state index contributed by atoms with van der Waals surface area (Å²) in [6.07, 6.45) is 0. The number of carbonyl (C=O) groups is 2. The summed E-state index contributed by atoms with van der Waals surface area (Å²) in [7, 11) is 0. The van der Waals surface area contributed by atoms with Crippen LogP contribution < -0.4 is 5.73 Å². The third-order valence-corrected chi connectivity index (χ3v) is 3.48. The highest BCUT2D eigenvalue weighted by atomic mass is 32.2. The number of aliphatic hydroxyl groups is 1. The van der Waals surface area contributed by atoms with Crippen molar-refractivity contribution in [2.75, 3.05) is 5.75 Å². The van der Waals surface area contributed by atoms with Crippen LogP contribution in [0.25, 0.3) is 0 Å². The van der Waals surface area contributed by atoms with Crippen molar-refractivity contribution < 1.29 is 19.8 Å². The Bertz CT molecular complexity index is 354. The zero-order valence-electron chi connectivity index (χ0n) is 7.01. The van der Waals surface area contributed by atoms with E-state index in [2.05, 4.69) is 0 Å². The summed E-state index contributed by atoms with van der Waals surface area (Å²) in [5.74, 6) is -1.85. The van der Waals surface area contributed by atoms with Crippen molar-refractivity contribution in [3.63, 3.8) is 0 Å². The second-order valence-electron chi connectivity index (χ2n) is 3.04. The lowest BCUT2D eigenvalue weighted by Gasteiger charge is -2.46. The highest BCUT2D eigenvalue weighted by Gasteiger charge is 2.52. The standard InChI is InChI=1S/C7H8N2O4S/c8-3-5(11)9-4(7(12)13)2(10)1-14-6(3)9/h3,6,10H,1,8H2,(H,12,13). The van der Waals surface area contributed by atoms with Crippen LogP contribution in [0.5, 0.6) is 0 Å². The molecule has 2 heterocycles. The van der Waals surface area contributed by atoms with Crippen LogP contribution in [0, 0.1) is 0 Å². The van der Waals surface area contributed by atoms with Gasteiger partial charge < -0.3 is 15.9 Å². The quantitative estimate of drug-likeness (QED) is 0.490. The Morgan fingerprint density at radius 2 is 2.29 bits per heavy atom. The number of thioether (sulfide) groups is 1. The van der Waals surface area contributed by atoms with Crippen molar-refractivity contribution in [2.24, 2.45) is 5.73 Å². The number of fused-ring (bicyclic) bond motifs is 1. The minimum Gasteiger partial charge on any atom is -0.509 e. The predicted octanol–water partition coefficient (Wildman–Crippen LogP) is -0.917. The molecule has 0 saturated carbocycles. The molecule has 1 fully saturated rings. The Hall–Kier alpha value is -1.21. The molecule has 1 amide bonds. The molecule has 2 rings (SSSR count). The third-order valence-electron chi connectivity index (χ3n) is 2.19. The van der Waals surface area contributed by atoms with E-state index in [1.54, 1.807) is 0 Å². The molecule has 4 N–H and O–H groups in total. The molecule has 0 radical (unpaired) electrons. The average Bonchev–Trinajstić information content (AvgIpc) is 2.15. The highest BCUT2D eigenvalue weighted by molar-refractivity contribution is 8.00. The van der Waals surface area contributed by atoms with Crippen LogP contribution in [0.3, 0.4) is 0 Å². The monoisotopic (exact) mass is 216 g/mol. The number of carboxylic acids is 1. The van der Waals surface area contributed by atoms with Gasteiger partial charge in [0, 0.05) is 0 Å². The number of carboxylic acid groups (broad SMARTS) is 1. The van der Waals surface area contributed by atoms with Crippen LogP contribution in [0.2, 0.25) is 0 Å². The van der Waals surface area contributed by atoms with Gasteiger partial charge in [-0.2, -0.15) is 0 Å². The molecule has 0 aliphatic carbocycles. The number of aliphatic hydroxyl groups excluding tert-OH is 1. The molecule has 0 aromatic heterocycles. The van der Waals surface area contributed by atoms with Gasteiger partial charge >= 0.3 is 5.97 Å². The van der Waals surface area contributed by atoms with Crippen molar-refractivity contribution in [1.29, 1.82) is 0 Å². The normalized spacial score (nSPS) is 31.2. The molecular weight excluding hydrogens is 208 g/mol. The summed E-state index contributed by atoms with van der Waals surface area (Å²) in [6.45, 7) is 0. The first-order chi connectivity index (χ1) is 6.54. The largest absolute Gasteiger partial charge is 0.509 e. The van der Waals surface area contributed by atoms with Crippen LogP contribution in [0.1, 0.15) is 0 Å². The van der Waals surface area contributed by atoms with Gasteiger partial charge in [-0.3, -0.25) is 9.69 Å². The topological polar surface area (TPSA) is 104 Å². The minimum absolute atomic E-state index is 0.184. The number of nitrogens with zero attached hydrogens (tertiary/aromatic N) is 1. The van der Waals surface area contributed by atoms with E-state index in [1.165, 1.54) is 11.8 Å². The number of carbonyl (C=O) groups excluding carboxylic acids is 1. The van der Waals surface area contributed by atoms with Gasteiger partial charge in [0.15, 0.2) is 5.70 Å². The Balaban J connectivity index is 2.37. The van der Waals surface area contributed by atoms with E-state index < -0.39 is 17.9 Å². The van der Waals surface area contributed by atoms with E-state index >= 15 is 0 Å². The number of β-lactam (4-membered cyclic amide) rings is 1. The first-order valence-corrected chi connectivity index (χ1v) is 4.94. The zero-order chi connectivity index (χ0) is 10.5. The van der Waals surface area contributed by atoms with Gasteiger partial charge in [0.1, 0.15) is 17.2 Å². The van der Waals surface area contributed by atoms with E-state index in [-0.39, 0.29) is 22.6 Å². The van der Waals surface area contributed by atoms with Crippen molar-refractivity contribution in [3.8, 4) is 0 Å². The molecule has 7 heteroatoms. The van der Waals surface area contributed by atoms with E-state index in [4.69, 9.17) is 10.8 Å². The smallest absolute Gasteiger partial charge is 0.356 e. The Labute approximate surface area is 83.4 Å². The lowest BCUT2D eigenvalue weighted by molar-refractivity contribution is -0.148. The second-order valence-corrected chi connectivity index (χ2v) is 4.14. The molecule has 14 heavy (non-hydrogen) atoms. The molecule has 2 aliphatic rings. The maximum Gasteiger partial charge on any atom is 0.356 e. The highest BCUT2D eigenvalue weighted by Crippen LogP contribution is 2.38. The number of rotatable bonds is 1. The molecule has 1 saturated heterocycles. The molecule has 76 valence electrons. The zero-order valence-corrected chi connectivity index (χ0v) is 7.82. The lowest BCUT2D eigenvalue weighted by Crippen LogP contribution is -2.68. The second kappa shape index (κ2) is 2.89. The molecular formula is C7H8N2O4S. The molecule has 0 spiro atoms. The average molecular weight is 216 g/mol. The van der Waals surface area contributed by atoms with Gasteiger partial charge in [-0.15, -0.1) is 11.8 Å². The van der Waals surface area contributed by atoms with Gasteiger partial charge in [-0.05, 0) is 0 Å². The molecule has 2 atom stereocenters. The van der Waals surface area contributed by atoms with Crippen molar-refractivity contribution in [3.05, 3.63) is 11.5 Å². The van der Waals surface area contributed by atoms with Gasteiger partial charge in [0.05, 0.1) is 5.75 Å². The van der Waals surface area contributed by atoms with Gasteiger partial charge in [0.25, 0.3) is 0 Å². The van der Waals surface area contributed by atoms with Gasteiger partial charge in [-0.25, -0.2) is 4.79 Å². The molecule has 0 aromatic carbocycles. The summed E-state index contributed by atoms with van der Waals surface area (Å²) in [6, 6.07) is -0.651. The summed E-state index contributed by atoms with van der Waals surface area (Å²) < 4.78 is 0. The Morgan fingerprint density at radius 3 is 2.86 bits per heavy atom. The van der Waals surface area contributed by atoms with E-state index in [0.717, 1.165) is 4.90 Å². The van der Waals surface area contributed by atoms with Gasteiger partial charge in [0.2, 0.25) is 5.91 Å². The summed E-state index contributed by atoms with van der Waals surface area (Å²) >= 11 is 1.26. The fourth-order valence-corrected chi connectivity index (χ4v) is 2.65. The summed E-state index contributed by atoms with van der Waals surface area (Å²) in [5, 5.41) is 17.7. The van der Waals surface area contributed by atoms with Crippen LogP contribution in [0.4, 0.5) is 0 Å². The van der Waals surface area contributed by atoms with Gasteiger partial charge in [-0.1, -0.05) is 0 Å². The van der Waals surface area contributed by atoms with E-state index in [0.29, 0.717) is 0 Å². The summed E-state index contributed by atoms with van der Waals surface area (Å²) in [5.41, 5.74) is 5.14. The first-order valence-electron chi connectivity index (χ1n) is 3.89. The third kappa shape index (κ3) is 1.02. The van der Waals surface area contributed by atoms with Crippen LogP contribution in [0.15, 0.2) is 11.5 Å². The SMILES string of the molecule is NC1C(=O)N2C(C(=O)O)=C(O)CSC12. The van der Waals surface area contributed by atoms with E-state index in [1.807, 2.05) is 0 Å². The fourth-order valence-electron chi connectivity index (χ4n) is 1.50. The number of hydrogen-bond donors (Lipinski definition) is 3. The predicted molar refractivity (Wildman–Crippen MR) is 48.4 cm³/mol. The van der Waals surface area contributed by atoms with E-state index in [9.17, 15) is 14.7 Å². The number of nitrogens with two attached hydrogens (primary N) is 1. The van der Waals surface area contributed by atoms with Crippen molar-refractivity contribution in [2.45, 2.75) is 11.4 Å². The number of amides is 1. The molecule has 2 unspecified atom stereocenters. The van der Waals surface area contributed by atoms with Crippen LogP contribution in [-0.2, 0) is 9.59 Å². The summed E-state index contributed by atoms with van der Waals surface area (Å²) in [4.78, 5) is 23.0. The Kier molecular flexibility index (Phi) is 1.93. The molecule has 6 nitrogen and oxygen atoms in total. The number of aliphatic carboxylic acids is 1. The maximum absolute atomic E-state index is 11.2. The van der Waals surface area contributed by atoms with Crippen molar-refractivity contribution in [1.82, 2.24) is 4.90 Å². The number of hydrogen-bond acceptors (Lipinski definition) is 5. The Morgan fingerprint density at radius 1 is 1.64 bits per heavy atom. The molecule has 0 aromatic rings.